The first-order valence-corrected chi connectivity index (χ1v) is 8.72. The van der Waals surface area contributed by atoms with Crippen molar-refractivity contribution < 1.29 is 9.53 Å². The molecule has 1 aliphatic rings. The molecular weight excluding hydrogens is 336 g/mol. The van der Waals surface area contributed by atoms with E-state index in [9.17, 15) is 4.79 Å². The molecule has 0 unspecified atom stereocenters. The van der Waals surface area contributed by atoms with Gasteiger partial charge in [0.2, 0.25) is 12.5 Å². The average molecular weight is 354 g/mol. The number of methoxy groups -OCH3 is 1. The van der Waals surface area contributed by atoms with Gasteiger partial charge in [-0.3, -0.25) is 4.79 Å². The first kappa shape index (κ1) is 16.9. The Balaban J connectivity index is 1.89. The van der Waals surface area contributed by atoms with Gasteiger partial charge in [0.15, 0.2) is 0 Å². The molecule has 1 N–H and O–H groups in total. The van der Waals surface area contributed by atoms with Gasteiger partial charge in [0.1, 0.15) is 5.75 Å². The third-order valence-corrected chi connectivity index (χ3v) is 4.82. The Hall–Kier alpha value is -3.58. The molecule has 0 atom stereocenters. The van der Waals surface area contributed by atoms with Gasteiger partial charge in [-0.2, -0.15) is 0 Å². The van der Waals surface area contributed by atoms with Crippen molar-refractivity contribution >= 4 is 11.6 Å². The summed E-state index contributed by atoms with van der Waals surface area (Å²) in [6, 6.07) is 20.0. The second kappa shape index (κ2) is 6.97. The maximum atomic E-state index is 11.7. The number of anilines is 1. The molecule has 27 heavy (non-hydrogen) atoms. The van der Waals surface area contributed by atoms with Crippen LogP contribution in [0.5, 0.6) is 5.75 Å². The molecular formula is C23H18N2O2. The lowest BCUT2D eigenvalue weighted by molar-refractivity contribution is -0.115. The van der Waals surface area contributed by atoms with E-state index in [0.29, 0.717) is 13.0 Å². The van der Waals surface area contributed by atoms with Gasteiger partial charge >= 0.3 is 0 Å². The highest BCUT2D eigenvalue weighted by atomic mass is 16.5. The van der Waals surface area contributed by atoms with Crippen LogP contribution in [0.2, 0.25) is 0 Å². The highest BCUT2D eigenvalue weighted by molar-refractivity contribution is 6.00. The van der Waals surface area contributed by atoms with Gasteiger partial charge in [-0.15, -0.1) is 0 Å². The summed E-state index contributed by atoms with van der Waals surface area (Å²) in [6.07, 6.45) is 0.395. The van der Waals surface area contributed by atoms with Crippen LogP contribution < -0.4 is 10.1 Å². The van der Waals surface area contributed by atoms with Crippen molar-refractivity contribution in [3.8, 4) is 28.0 Å². The van der Waals surface area contributed by atoms with Crippen LogP contribution in [0.1, 0.15) is 11.1 Å². The van der Waals surface area contributed by atoms with Crippen LogP contribution in [0, 0.1) is 6.57 Å². The third-order valence-electron chi connectivity index (χ3n) is 4.82. The van der Waals surface area contributed by atoms with Gasteiger partial charge in [-0.1, -0.05) is 36.4 Å². The van der Waals surface area contributed by atoms with Crippen LogP contribution in [0.15, 0.2) is 60.7 Å². The predicted molar refractivity (Wildman–Crippen MR) is 107 cm³/mol. The SMILES string of the molecule is [C-]#[N+]Cc1cccc(-c2ccc(OC)cc2)c1-c1ccc2c(c1)CC(=O)N2. The Morgan fingerprint density at radius 3 is 2.59 bits per heavy atom. The standard InChI is InChI=1S/C23H18N2O2/c1-24-14-17-4-3-5-20(15-6-9-19(27-2)10-7-15)23(17)16-8-11-21-18(12-16)13-22(26)25-21/h3-12H,13-14H2,2H3,(H,25,26). The van der Waals surface area contributed by atoms with Gasteiger partial charge in [0, 0.05) is 16.8 Å². The first-order chi connectivity index (χ1) is 13.2. The normalized spacial score (nSPS) is 12.2. The summed E-state index contributed by atoms with van der Waals surface area (Å²) >= 11 is 0. The largest absolute Gasteiger partial charge is 0.497 e. The average Bonchev–Trinajstić information content (AvgIpc) is 3.07. The maximum absolute atomic E-state index is 11.7. The molecule has 4 heteroatoms. The van der Waals surface area contributed by atoms with E-state index in [2.05, 4.69) is 22.3 Å². The number of carbonyl (C=O) groups excluding carboxylic acids is 1. The summed E-state index contributed by atoms with van der Waals surface area (Å²) in [5.41, 5.74) is 7.04. The van der Waals surface area contributed by atoms with E-state index in [4.69, 9.17) is 11.3 Å². The Morgan fingerprint density at radius 1 is 1.07 bits per heavy atom. The number of amides is 1. The fourth-order valence-electron chi connectivity index (χ4n) is 3.55. The van der Waals surface area contributed by atoms with E-state index in [-0.39, 0.29) is 5.91 Å². The van der Waals surface area contributed by atoms with Gasteiger partial charge < -0.3 is 14.9 Å². The van der Waals surface area contributed by atoms with Crippen molar-refractivity contribution in [2.45, 2.75) is 13.0 Å². The second-order valence-electron chi connectivity index (χ2n) is 6.48. The highest BCUT2D eigenvalue weighted by Gasteiger charge is 2.20. The molecule has 1 heterocycles. The zero-order chi connectivity index (χ0) is 18.8. The fraction of sp³-hybridized carbons (Fsp3) is 0.130. The lowest BCUT2D eigenvalue weighted by Gasteiger charge is -2.14. The summed E-state index contributed by atoms with van der Waals surface area (Å²) in [6.45, 7) is 7.64. The lowest BCUT2D eigenvalue weighted by Crippen LogP contribution is -2.03. The monoisotopic (exact) mass is 354 g/mol. The zero-order valence-electron chi connectivity index (χ0n) is 15.0. The summed E-state index contributed by atoms with van der Waals surface area (Å²) < 4.78 is 5.26. The summed E-state index contributed by atoms with van der Waals surface area (Å²) in [4.78, 5) is 15.3. The Labute approximate surface area is 158 Å². The number of hydrogen-bond acceptors (Lipinski definition) is 2. The number of fused-ring (bicyclic) bond motifs is 1. The van der Waals surface area contributed by atoms with Gasteiger partial charge in [-0.25, -0.2) is 6.57 Å². The van der Waals surface area contributed by atoms with Crippen molar-refractivity contribution in [1.82, 2.24) is 0 Å². The van der Waals surface area contributed by atoms with Crippen LogP contribution in [-0.4, -0.2) is 13.0 Å². The van der Waals surface area contributed by atoms with E-state index in [1.54, 1.807) is 7.11 Å². The molecule has 0 bridgehead atoms. The molecule has 0 radical (unpaired) electrons. The molecule has 1 amide bonds. The van der Waals surface area contributed by atoms with E-state index >= 15 is 0 Å². The van der Waals surface area contributed by atoms with Gasteiger partial charge in [0.25, 0.3) is 0 Å². The number of nitrogens with one attached hydrogen (secondary N) is 1. The first-order valence-electron chi connectivity index (χ1n) is 8.72. The van der Waals surface area contributed by atoms with Crippen molar-refractivity contribution in [3.05, 3.63) is 83.2 Å². The van der Waals surface area contributed by atoms with Crippen LogP contribution in [0.25, 0.3) is 27.1 Å². The molecule has 4 rings (SSSR count). The summed E-state index contributed by atoms with van der Waals surface area (Å²) in [7, 11) is 1.65. The Kier molecular flexibility index (Phi) is 4.35. The van der Waals surface area contributed by atoms with E-state index < -0.39 is 0 Å². The minimum atomic E-state index is 0.0203. The number of ether oxygens (including phenoxy) is 1. The highest BCUT2D eigenvalue weighted by Crippen LogP contribution is 2.38. The molecule has 0 saturated carbocycles. The molecule has 4 nitrogen and oxygen atoms in total. The Morgan fingerprint density at radius 2 is 1.85 bits per heavy atom. The number of benzene rings is 3. The van der Waals surface area contributed by atoms with E-state index in [1.807, 2.05) is 48.5 Å². The van der Waals surface area contributed by atoms with Crippen LogP contribution in [0.3, 0.4) is 0 Å². The van der Waals surface area contributed by atoms with Crippen molar-refractivity contribution in [2.75, 3.05) is 12.4 Å². The number of rotatable bonds is 4. The molecule has 1 aliphatic heterocycles. The van der Waals surface area contributed by atoms with Crippen LogP contribution in [-0.2, 0) is 17.8 Å². The maximum Gasteiger partial charge on any atom is 0.240 e. The van der Waals surface area contributed by atoms with Gasteiger partial charge in [0.05, 0.1) is 13.5 Å². The van der Waals surface area contributed by atoms with Crippen molar-refractivity contribution in [3.63, 3.8) is 0 Å². The van der Waals surface area contributed by atoms with E-state index in [1.165, 1.54) is 0 Å². The molecule has 0 spiro atoms. The summed E-state index contributed by atoms with van der Waals surface area (Å²) in [5.74, 6) is 0.826. The molecule has 3 aromatic carbocycles. The molecule has 0 saturated heterocycles. The molecule has 3 aromatic rings. The number of carbonyl (C=O) groups is 1. The Bertz CT molecular complexity index is 1060. The number of hydrogen-bond donors (Lipinski definition) is 1. The van der Waals surface area contributed by atoms with Gasteiger partial charge in [-0.05, 0) is 46.5 Å². The second-order valence-corrected chi connectivity index (χ2v) is 6.48. The van der Waals surface area contributed by atoms with Crippen molar-refractivity contribution in [1.29, 1.82) is 0 Å². The molecule has 0 aliphatic carbocycles. The lowest BCUT2D eigenvalue weighted by atomic mass is 9.89. The molecule has 132 valence electrons. The minimum Gasteiger partial charge on any atom is -0.497 e. The predicted octanol–water partition coefficient (Wildman–Crippen LogP) is 4.94. The molecule has 0 aromatic heterocycles. The van der Waals surface area contributed by atoms with Crippen molar-refractivity contribution in [2.24, 2.45) is 0 Å². The third kappa shape index (κ3) is 3.16. The minimum absolute atomic E-state index is 0.0203. The zero-order valence-corrected chi connectivity index (χ0v) is 15.0. The quantitative estimate of drug-likeness (QED) is 0.674. The topological polar surface area (TPSA) is 42.7 Å². The summed E-state index contributed by atoms with van der Waals surface area (Å²) in [5, 5.41) is 2.87. The smallest absolute Gasteiger partial charge is 0.240 e. The van der Waals surface area contributed by atoms with Crippen LogP contribution in [0.4, 0.5) is 5.69 Å². The number of nitrogens with zero attached hydrogens (tertiary/aromatic N) is 1. The fourth-order valence-corrected chi connectivity index (χ4v) is 3.55. The van der Waals surface area contributed by atoms with Crippen LogP contribution >= 0.6 is 0 Å². The van der Waals surface area contributed by atoms with E-state index in [0.717, 1.165) is 44.8 Å². The molecule has 0 fully saturated rings.